The fourth-order valence-corrected chi connectivity index (χ4v) is 1.45. The molecule has 2 unspecified atom stereocenters. The molecule has 0 radical (unpaired) electrons. The Kier molecular flexibility index (Phi) is 2.69. The van der Waals surface area contributed by atoms with E-state index in [4.69, 9.17) is 11.5 Å². The molecule has 1 aliphatic carbocycles. The van der Waals surface area contributed by atoms with Gasteiger partial charge in [0.2, 0.25) is 0 Å². The number of hydrogen-bond acceptors (Lipinski definition) is 2. The molecule has 0 saturated heterocycles. The van der Waals surface area contributed by atoms with Gasteiger partial charge in [0.05, 0.1) is 0 Å². The molecule has 2 nitrogen and oxygen atoms in total. The van der Waals surface area contributed by atoms with E-state index in [1.165, 1.54) is 19.3 Å². The van der Waals surface area contributed by atoms with Gasteiger partial charge in [-0.05, 0) is 31.2 Å². The summed E-state index contributed by atoms with van der Waals surface area (Å²) in [7, 11) is 0. The van der Waals surface area contributed by atoms with E-state index in [1.54, 1.807) is 0 Å². The third kappa shape index (κ3) is 1.50. The van der Waals surface area contributed by atoms with E-state index in [0.717, 1.165) is 12.5 Å². The molecule has 2 atom stereocenters. The summed E-state index contributed by atoms with van der Waals surface area (Å²) in [6.45, 7) is 2.88. The minimum Gasteiger partial charge on any atom is -0.330 e. The standard InChI is InChI=1S/C8H18N2/c1-6(5-9)8(10)7-3-2-4-7/h6-8H,2-5,9-10H2,1H3. The predicted octanol–water partition coefficient (Wildman–Crippen LogP) is 0.709. The van der Waals surface area contributed by atoms with Gasteiger partial charge < -0.3 is 11.5 Å². The smallest absolute Gasteiger partial charge is 0.0105 e. The van der Waals surface area contributed by atoms with E-state index in [1.807, 2.05) is 0 Å². The summed E-state index contributed by atoms with van der Waals surface area (Å²) in [4.78, 5) is 0. The lowest BCUT2D eigenvalue weighted by atomic mass is 9.76. The third-order valence-corrected chi connectivity index (χ3v) is 2.72. The predicted molar refractivity (Wildman–Crippen MR) is 43.5 cm³/mol. The zero-order chi connectivity index (χ0) is 7.56. The number of rotatable bonds is 3. The van der Waals surface area contributed by atoms with E-state index in [0.29, 0.717) is 12.0 Å². The van der Waals surface area contributed by atoms with Crippen LogP contribution in [0.2, 0.25) is 0 Å². The lowest BCUT2D eigenvalue weighted by molar-refractivity contribution is 0.218. The van der Waals surface area contributed by atoms with Crippen LogP contribution >= 0.6 is 0 Å². The fourth-order valence-electron chi connectivity index (χ4n) is 1.45. The van der Waals surface area contributed by atoms with Gasteiger partial charge in [-0.25, -0.2) is 0 Å². The zero-order valence-corrected chi connectivity index (χ0v) is 6.72. The van der Waals surface area contributed by atoms with Crippen LogP contribution in [0.15, 0.2) is 0 Å². The van der Waals surface area contributed by atoms with Crippen molar-refractivity contribution in [1.29, 1.82) is 0 Å². The first-order valence-electron chi connectivity index (χ1n) is 4.21. The van der Waals surface area contributed by atoms with Crippen LogP contribution in [-0.4, -0.2) is 12.6 Å². The maximum absolute atomic E-state index is 5.95. The van der Waals surface area contributed by atoms with Gasteiger partial charge in [0.1, 0.15) is 0 Å². The van der Waals surface area contributed by atoms with Gasteiger partial charge >= 0.3 is 0 Å². The third-order valence-electron chi connectivity index (χ3n) is 2.72. The van der Waals surface area contributed by atoms with Crippen LogP contribution in [0.4, 0.5) is 0 Å². The Balaban J connectivity index is 2.24. The van der Waals surface area contributed by atoms with Crippen molar-refractivity contribution in [3.8, 4) is 0 Å². The fraction of sp³-hybridized carbons (Fsp3) is 1.00. The second-order valence-electron chi connectivity index (χ2n) is 3.48. The second kappa shape index (κ2) is 3.35. The summed E-state index contributed by atoms with van der Waals surface area (Å²) in [5.74, 6) is 1.28. The van der Waals surface area contributed by atoms with Gasteiger partial charge in [0, 0.05) is 6.04 Å². The minimum absolute atomic E-state index is 0.360. The number of hydrogen-bond donors (Lipinski definition) is 2. The van der Waals surface area contributed by atoms with Crippen molar-refractivity contribution in [2.45, 2.75) is 32.2 Å². The maximum Gasteiger partial charge on any atom is 0.0105 e. The molecule has 1 fully saturated rings. The Hall–Kier alpha value is -0.0800. The van der Waals surface area contributed by atoms with Crippen LogP contribution in [0.5, 0.6) is 0 Å². The molecular weight excluding hydrogens is 124 g/mol. The van der Waals surface area contributed by atoms with E-state index in [-0.39, 0.29) is 0 Å². The van der Waals surface area contributed by atoms with E-state index >= 15 is 0 Å². The summed E-state index contributed by atoms with van der Waals surface area (Å²) < 4.78 is 0. The van der Waals surface area contributed by atoms with Crippen molar-refractivity contribution in [2.75, 3.05) is 6.54 Å². The first kappa shape index (κ1) is 8.02. The molecule has 1 saturated carbocycles. The molecule has 0 amide bonds. The van der Waals surface area contributed by atoms with E-state index < -0.39 is 0 Å². The van der Waals surface area contributed by atoms with Gasteiger partial charge in [-0.15, -0.1) is 0 Å². The minimum atomic E-state index is 0.360. The normalized spacial score (nSPS) is 25.5. The van der Waals surface area contributed by atoms with Crippen LogP contribution in [0.3, 0.4) is 0 Å². The van der Waals surface area contributed by atoms with Crippen molar-refractivity contribution >= 4 is 0 Å². The topological polar surface area (TPSA) is 52.0 Å². The average Bonchev–Trinajstić information content (AvgIpc) is 1.82. The van der Waals surface area contributed by atoms with Gasteiger partial charge in [0.15, 0.2) is 0 Å². The van der Waals surface area contributed by atoms with Crippen LogP contribution in [0.25, 0.3) is 0 Å². The highest BCUT2D eigenvalue weighted by Gasteiger charge is 2.27. The summed E-state index contributed by atoms with van der Waals surface area (Å²) >= 11 is 0. The first-order valence-corrected chi connectivity index (χ1v) is 4.21. The highest BCUT2D eigenvalue weighted by molar-refractivity contribution is 4.83. The molecule has 1 aliphatic rings. The molecule has 0 aliphatic heterocycles. The van der Waals surface area contributed by atoms with E-state index in [9.17, 15) is 0 Å². The molecule has 0 spiro atoms. The van der Waals surface area contributed by atoms with Crippen molar-refractivity contribution in [3.63, 3.8) is 0 Å². The first-order chi connectivity index (χ1) is 4.75. The molecule has 0 aromatic heterocycles. The zero-order valence-electron chi connectivity index (χ0n) is 6.72. The second-order valence-corrected chi connectivity index (χ2v) is 3.48. The average molecular weight is 142 g/mol. The van der Waals surface area contributed by atoms with Crippen LogP contribution in [0, 0.1) is 11.8 Å². The SMILES string of the molecule is CC(CN)C(N)C1CCC1. The van der Waals surface area contributed by atoms with Crippen molar-refractivity contribution in [1.82, 2.24) is 0 Å². The van der Waals surface area contributed by atoms with Crippen LogP contribution in [-0.2, 0) is 0 Å². The quantitative estimate of drug-likeness (QED) is 0.609. The summed E-state index contributed by atoms with van der Waals surface area (Å²) in [5, 5.41) is 0. The molecule has 10 heavy (non-hydrogen) atoms. The molecule has 0 aromatic rings. The Morgan fingerprint density at radius 3 is 2.40 bits per heavy atom. The Morgan fingerprint density at radius 1 is 1.50 bits per heavy atom. The lowest BCUT2D eigenvalue weighted by Gasteiger charge is -2.34. The highest BCUT2D eigenvalue weighted by atomic mass is 14.7. The summed E-state index contributed by atoms with van der Waals surface area (Å²) in [6, 6.07) is 0.360. The van der Waals surface area contributed by atoms with Crippen LogP contribution < -0.4 is 11.5 Å². The Labute approximate surface area is 63.0 Å². The summed E-state index contributed by atoms with van der Waals surface area (Å²) in [6.07, 6.45) is 4.02. The van der Waals surface area contributed by atoms with Crippen LogP contribution in [0.1, 0.15) is 26.2 Å². The molecular formula is C8H18N2. The molecule has 2 heteroatoms. The van der Waals surface area contributed by atoms with Gasteiger partial charge in [-0.2, -0.15) is 0 Å². The molecule has 1 rings (SSSR count). The van der Waals surface area contributed by atoms with Crippen molar-refractivity contribution < 1.29 is 0 Å². The molecule has 0 bridgehead atoms. The monoisotopic (exact) mass is 142 g/mol. The van der Waals surface area contributed by atoms with Crippen molar-refractivity contribution in [3.05, 3.63) is 0 Å². The number of nitrogens with two attached hydrogens (primary N) is 2. The van der Waals surface area contributed by atoms with Crippen molar-refractivity contribution in [2.24, 2.45) is 23.3 Å². The lowest BCUT2D eigenvalue weighted by Crippen LogP contribution is -2.42. The largest absolute Gasteiger partial charge is 0.330 e. The van der Waals surface area contributed by atoms with Gasteiger partial charge in [0.25, 0.3) is 0 Å². The molecule has 0 aromatic carbocycles. The summed E-state index contributed by atoms with van der Waals surface area (Å²) in [5.41, 5.74) is 11.5. The highest BCUT2D eigenvalue weighted by Crippen LogP contribution is 2.31. The molecule has 4 N–H and O–H groups in total. The molecule has 60 valence electrons. The Morgan fingerprint density at radius 2 is 2.10 bits per heavy atom. The van der Waals surface area contributed by atoms with Gasteiger partial charge in [-0.1, -0.05) is 13.3 Å². The molecule has 0 heterocycles. The maximum atomic E-state index is 5.95. The Bertz CT molecular complexity index is 94.7. The van der Waals surface area contributed by atoms with Gasteiger partial charge in [-0.3, -0.25) is 0 Å². The van der Waals surface area contributed by atoms with E-state index in [2.05, 4.69) is 6.92 Å².